The van der Waals surface area contributed by atoms with Crippen molar-refractivity contribution >= 4 is 5.69 Å². The van der Waals surface area contributed by atoms with Crippen LogP contribution in [-0.2, 0) is 0 Å². The molecule has 3 heteroatoms. The molecule has 16 heavy (non-hydrogen) atoms. The van der Waals surface area contributed by atoms with E-state index in [0.717, 1.165) is 25.2 Å². The third-order valence-electron chi connectivity index (χ3n) is 2.33. The van der Waals surface area contributed by atoms with E-state index in [1.54, 1.807) is 0 Å². The standard InChI is InChI=1S/C13H15N3/c14-9-4-5-11-16(12-6-10-15)13-7-2-1-3-8-13/h1-3,7-8H,4-6,11-12H2. The van der Waals surface area contributed by atoms with Crippen molar-refractivity contribution in [3.8, 4) is 12.1 Å². The molecule has 1 aromatic rings. The first-order chi connectivity index (χ1) is 7.88. The molecule has 0 radical (unpaired) electrons. The Morgan fingerprint density at radius 2 is 1.62 bits per heavy atom. The van der Waals surface area contributed by atoms with Crippen molar-refractivity contribution in [3.05, 3.63) is 30.3 Å². The number of rotatable bonds is 6. The summed E-state index contributed by atoms with van der Waals surface area (Å²) in [5.74, 6) is 0. The zero-order valence-corrected chi connectivity index (χ0v) is 9.26. The minimum atomic E-state index is 0.515. The third-order valence-corrected chi connectivity index (χ3v) is 2.33. The van der Waals surface area contributed by atoms with Gasteiger partial charge in [-0.05, 0) is 18.6 Å². The van der Waals surface area contributed by atoms with Gasteiger partial charge in [0.2, 0.25) is 0 Å². The van der Waals surface area contributed by atoms with Crippen LogP contribution in [0, 0.1) is 22.7 Å². The van der Waals surface area contributed by atoms with Crippen molar-refractivity contribution in [1.82, 2.24) is 0 Å². The Kier molecular flexibility index (Phi) is 5.52. The molecular weight excluding hydrogens is 198 g/mol. The predicted octanol–water partition coefficient (Wildman–Crippen LogP) is 2.71. The summed E-state index contributed by atoms with van der Waals surface area (Å²) in [5, 5.41) is 17.1. The van der Waals surface area contributed by atoms with Crippen LogP contribution in [0.3, 0.4) is 0 Å². The van der Waals surface area contributed by atoms with Crippen LogP contribution < -0.4 is 4.90 Å². The second kappa shape index (κ2) is 7.31. The second-order valence-electron chi connectivity index (χ2n) is 3.49. The molecule has 1 rings (SSSR count). The highest BCUT2D eigenvalue weighted by molar-refractivity contribution is 5.45. The average molecular weight is 213 g/mol. The molecule has 1 aromatic carbocycles. The Morgan fingerprint density at radius 3 is 2.25 bits per heavy atom. The van der Waals surface area contributed by atoms with Crippen LogP contribution in [0.4, 0.5) is 5.69 Å². The van der Waals surface area contributed by atoms with Gasteiger partial charge in [0, 0.05) is 25.2 Å². The number of hydrogen-bond donors (Lipinski definition) is 0. The molecule has 0 atom stereocenters. The van der Waals surface area contributed by atoms with E-state index in [-0.39, 0.29) is 0 Å². The molecule has 0 aliphatic rings. The van der Waals surface area contributed by atoms with Gasteiger partial charge in [0.25, 0.3) is 0 Å². The summed E-state index contributed by atoms with van der Waals surface area (Å²) in [6.45, 7) is 1.56. The molecule has 0 aliphatic heterocycles. The first-order valence-corrected chi connectivity index (χ1v) is 5.42. The Morgan fingerprint density at radius 1 is 0.938 bits per heavy atom. The lowest BCUT2D eigenvalue weighted by Crippen LogP contribution is -2.25. The zero-order valence-electron chi connectivity index (χ0n) is 9.26. The number of para-hydroxylation sites is 1. The van der Waals surface area contributed by atoms with Crippen molar-refractivity contribution in [2.75, 3.05) is 18.0 Å². The maximum Gasteiger partial charge on any atom is 0.0640 e. The summed E-state index contributed by atoms with van der Waals surface area (Å²) >= 11 is 0. The van der Waals surface area contributed by atoms with Crippen LogP contribution in [0.25, 0.3) is 0 Å². The van der Waals surface area contributed by atoms with Crippen LogP contribution in [0.5, 0.6) is 0 Å². The number of benzene rings is 1. The molecule has 0 amide bonds. The Bertz CT molecular complexity index is 372. The van der Waals surface area contributed by atoms with Crippen molar-refractivity contribution in [2.24, 2.45) is 0 Å². The monoisotopic (exact) mass is 213 g/mol. The molecule has 82 valence electrons. The Labute approximate surface area is 96.5 Å². The molecule has 0 saturated carbocycles. The van der Waals surface area contributed by atoms with Crippen LogP contribution >= 0.6 is 0 Å². The van der Waals surface area contributed by atoms with E-state index in [4.69, 9.17) is 10.5 Å². The first kappa shape index (κ1) is 12.1. The van der Waals surface area contributed by atoms with Gasteiger partial charge in [0.1, 0.15) is 0 Å². The fourth-order valence-corrected chi connectivity index (χ4v) is 1.54. The molecule has 0 aliphatic carbocycles. The maximum absolute atomic E-state index is 8.60. The predicted molar refractivity (Wildman–Crippen MR) is 63.7 cm³/mol. The van der Waals surface area contributed by atoms with Gasteiger partial charge >= 0.3 is 0 Å². The van der Waals surface area contributed by atoms with E-state index in [0.29, 0.717) is 12.8 Å². The van der Waals surface area contributed by atoms with Gasteiger partial charge in [-0.25, -0.2) is 0 Å². The largest absolute Gasteiger partial charge is 0.370 e. The number of hydrogen-bond acceptors (Lipinski definition) is 3. The Hall–Kier alpha value is -2.00. The lowest BCUT2D eigenvalue weighted by atomic mass is 10.2. The molecule has 0 unspecified atom stereocenters. The molecule has 0 heterocycles. The molecule has 0 spiro atoms. The molecule has 3 nitrogen and oxygen atoms in total. The van der Waals surface area contributed by atoms with E-state index in [9.17, 15) is 0 Å². The summed E-state index contributed by atoms with van der Waals surface area (Å²) in [4.78, 5) is 2.15. The van der Waals surface area contributed by atoms with E-state index in [1.807, 2.05) is 30.3 Å². The molecule has 0 saturated heterocycles. The second-order valence-corrected chi connectivity index (χ2v) is 3.49. The number of anilines is 1. The summed E-state index contributed by atoms with van der Waals surface area (Å²) in [6.07, 6.45) is 1.92. The highest BCUT2D eigenvalue weighted by Crippen LogP contribution is 2.14. The van der Waals surface area contributed by atoms with Crippen molar-refractivity contribution in [1.29, 1.82) is 10.5 Å². The fourth-order valence-electron chi connectivity index (χ4n) is 1.54. The van der Waals surface area contributed by atoms with Gasteiger partial charge in [-0.2, -0.15) is 10.5 Å². The molecule has 0 aromatic heterocycles. The van der Waals surface area contributed by atoms with Gasteiger partial charge in [0.15, 0.2) is 0 Å². The lowest BCUT2D eigenvalue weighted by molar-refractivity contribution is 0.742. The molecular formula is C13H15N3. The minimum absolute atomic E-state index is 0.515. The minimum Gasteiger partial charge on any atom is -0.370 e. The first-order valence-electron chi connectivity index (χ1n) is 5.42. The van der Waals surface area contributed by atoms with E-state index >= 15 is 0 Å². The van der Waals surface area contributed by atoms with Crippen LogP contribution in [0.15, 0.2) is 30.3 Å². The summed E-state index contributed by atoms with van der Waals surface area (Å²) < 4.78 is 0. The summed E-state index contributed by atoms with van der Waals surface area (Å²) in [7, 11) is 0. The zero-order chi connectivity index (χ0) is 11.6. The lowest BCUT2D eigenvalue weighted by Gasteiger charge is -2.23. The molecule has 0 fully saturated rings. The van der Waals surface area contributed by atoms with Gasteiger partial charge in [-0.1, -0.05) is 18.2 Å². The van der Waals surface area contributed by atoms with E-state index < -0.39 is 0 Å². The van der Waals surface area contributed by atoms with E-state index in [1.165, 1.54) is 0 Å². The maximum atomic E-state index is 8.60. The number of nitriles is 2. The summed E-state index contributed by atoms with van der Waals surface area (Å²) in [5.41, 5.74) is 1.12. The SMILES string of the molecule is N#CCCCN(CCC#N)c1ccccc1. The fraction of sp³-hybridized carbons (Fsp3) is 0.385. The molecule has 0 N–H and O–H groups in total. The highest BCUT2D eigenvalue weighted by Gasteiger charge is 2.04. The average Bonchev–Trinajstić information content (AvgIpc) is 2.35. The Balaban J connectivity index is 2.57. The van der Waals surface area contributed by atoms with Crippen molar-refractivity contribution in [3.63, 3.8) is 0 Å². The van der Waals surface area contributed by atoms with Crippen LogP contribution in [-0.4, -0.2) is 13.1 Å². The topological polar surface area (TPSA) is 50.8 Å². The summed E-state index contributed by atoms with van der Waals surface area (Å²) in [6, 6.07) is 14.3. The van der Waals surface area contributed by atoms with Crippen LogP contribution in [0.1, 0.15) is 19.3 Å². The smallest absolute Gasteiger partial charge is 0.0640 e. The van der Waals surface area contributed by atoms with Crippen molar-refractivity contribution < 1.29 is 0 Å². The number of unbranched alkanes of at least 4 members (excludes halogenated alkanes) is 1. The van der Waals surface area contributed by atoms with Gasteiger partial charge in [0.05, 0.1) is 18.6 Å². The van der Waals surface area contributed by atoms with Crippen LogP contribution in [0.2, 0.25) is 0 Å². The van der Waals surface area contributed by atoms with Gasteiger partial charge < -0.3 is 4.90 Å². The normalized spacial score (nSPS) is 9.12. The quantitative estimate of drug-likeness (QED) is 0.683. The van der Waals surface area contributed by atoms with Gasteiger partial charge in [-0.15, -0.1) is 0 Å². The molecule has 0 bridgehead atoms. The number of nitrogens with zero attached hydrogens (tertiary/aromatic N) is 3. The van der Waals surface area contributed by atoms with Crippen molar-refractivity contribution in [2.45, 2.75) is 19.3 Å². The van der Waals surface area contributed by atoms with Gasteiger partial charge in [-0.3, -0.25) is 0 Å². The van der Waals surface area contributed by atoms with E-state index in [2.05, 4.69) is 17.0 Å². The third kappa shape index (κ3) is 4.02. The highest BCUT2D eigenvalue weighted by atomic mass is 15.1.